The summed E-state index contributed by atoms with van der Waals surface area (Å²) in [5, 5.41) is 4.64. The predicted octanol–water partition coefficient (Wildman–Crippen LogP) is 1.18. The molecule has 3 N–H and O–H groups in total. The summed E-state index contributed by atoms with van der Waals surface area (Å²) in [4.78, 5) is 3.67. The van der Waals surface area contributed by atoms with Crippen molar-refractivity contribution in [3.8, 4) is 0 Å². The first-order chi connectivity index (χ1) is 9.30. The number of thiazole rings is 1. The fourth-order valence-corrected chi connectivity index (χ4v) is 4.53. The van der Waals surface area contributed by atoms with Crippen LogP contribution >= 0.6 is 11.3 Å². The number of hydrogen-bond acceptors (Lipinski definition) is 6. The lowest BCUT2D eigenvalue weighted by Crippen LogP contribution is -2.18. The predicted molar refractivity (Wildman–Crippen MR) is 70.9 cm³/mol. The molecule has 0 saturated heterocycles. The zero-order valence-electron chi connectivity index (χ0n) is 10.6. The molecule has 0 unspecified atom stereocenters. The number of nitrogens with one attached hydrogen (secondary N) is 1. The molecule has 0 amide bonds. The maximum Gasteiger partial charge on any atom is 0.389 e. The van der Waals surface area contributed by atoms with Crippen molar-refractivity contribution >= 4 is 36.5 Å². The van der Waals surface area contributed by atoms with Gasteiger partial charge in [-0.3, -0.25) is 4.72 Å². The lowest BCUT2D eigenvalue weighted by atomic mass is 10.3. The lowest BCUT2D eigenvalue weighted by Gasteiger charge is -2.07. The second kappa shape index (κ2) is 6.06. The third kappa shape index (κ3) is 6.15. The number of aromatic nitrogens is 1. The fourth-order valence-electron chi connectivity index (χ4n) is 1.34. The van der Waals surface area contributed by atoms with Gasteiger partial charge in [-0.2, -0.15) is 13.2 Å². The van der Waals surface area contributed by atoms with Crippen LogP contribution in [0.4, 0.5) is 18.3 Å². The van der Waals surface area contributed by atoms with Crippen molar-refractivity contribution in [2.75, 3.05) is 10.5 Å². The average Bonchev–Trinajstić information content (AvgIpc) is 2.55. The maximum absolute atomic E-state index is 11.9. The Morgan fingerprint density at radius 3 is 2.29 bits per heavy atom. The van der Waals surface area contributed by atoms with Crippen LogP contribution < -0.4 is 9.86 Å². The van der Waals surface area contributed by atoms with Gasteiger partial charge in [-0.05, 0) is 13.3 Å². The molecule has 1 heterocycles. The van der Waals surface area contributed by atoms with Crippen LogP contribution in [0.1, 0.15) is 18.5 Å². The van der Waals surface area contributed by atoms with Gasteiger partial charge in [0.25, 0.3) is 0 Å². The lowest BCUT2D eigenvalue weighted by molar-refractivity contribution is -0.134. The molecule has 122 valence electrons. The second-order valence-electron chi connectivity index (χ2n) is 4.08. The summed E-state index contributed by atoms with van der Waals surface area (Å²) in [6.07, 6.45) is -6.27. The highest BCUT2D eigenvalue weighted by Gasteiger charge is 2.28. The Morgan fingerprint density at radius 2 is 1.86 bits per heavy atom. The topological polar surface area (TPSA) is 119 Å². The Labute approximate surface area is 123 Å². The smallest absolute Gasteiger partial charge is 0.259 e. The molecule has 0 aliphatic heterocycles. The Hall–Kier alpha value is -0.920. The summed E-state index contributed by atoms with van der Waals surface area (Å²) in [7, 11) is -8.08. The first-order valence-electron chi connectivity index (χ1n) is 5.38. The standard InChI is InChI=1S/C8H12F3N3O4S3/c1-5-6(21(12,17)18)19-7(13-5)14-20(15,16)4-2-3-8(9,10)11/h2-4H2,1H3,(H,13,14)(H2,12,17,18). The van der Waals surface area contributed by atoms with Crippen molar-refractivity contribution in [3.63, 3.8) is 0 Å². The molecule has 0 saturated carbocycles. The second-order valence-corrected chi connectivity index (χ2v) is 8.67. The molecular weight excluding hydrogens is 355 g/mol. The number of halogens is 3. The highest BCUT2D eigenvalue weighted by Crippen LogP contribution is 2.27. The zero-order chi connectivity index (χ0) is 16.5. The number of primary sulfonamides is 1. The van der Waals surface area contributed by atoms with E-state index in [2.05, 4.69) is 4.98 Å². The van der Waals surface area contributed by atoms with Gasteiger partial charge >= 0.3 is 6.18 Å². The van der Waals surface area contributed by atoms with Gasteiger partial charge in [-0.25, -0.2) is 27.0 Å². The van der Waals surface area contributed by atoms with Crippen LogP contribution in [0.3, 0.4) is 0 Å². The minimum atomic E-state index is -4.44. The van der Waals surface area contributed by atoms with E-state index in [0.29, 0.717) is 11.3 Å². The first kappa shape index (κ1) is 18.1. The van der Waals surface area contributed by atoms with Crippen LogP contribution in [0.25, 0.3) is 0 Å². The maximum atomic E-state index is 11.9. The number of hydrogen-bond donors (Lipinski definition) is 2. The molecule has 1 rings (SSSR count). The number of alkyl halides is 3. The van der Waals surface area contributed by atoms with Crippen molar-refractivity contribution in [3.05, 3.63) is 5.69 Å². The molecule has 0 atom stereocenters. The molecule has 0 aliphatic carbocycles. The van der Waals surface area contributed by atoms with E-state index < -0.39 is 44.8 Å². The minimum absolute atomic E-state index is 0.00971. The summed E-state index contributed by atoms with van der Waals surface area (Å²) < 4.78 is 82.9. The molecule has 1 aromatic rings. The molecular formula is C8H12F3N3O4S3. The van der Waals surface area contributed by atoms with E-state index >= 15 is 0 Å². The molecule has 0 aromatic carbocycles. The molecule has 0 fully saturated rings. The SMILES string of the molecule is Cc1nc(NS(=O)(=O)CCCC(F)(F)F)sc1S(N)(=O)=O. The van der Waals surface area contributed by atoms with Crippen molar-refractivity contribution in [2.45, 2.75) is 30.2 Å². The van der Waals surface area contributed by atoms with Crippen LogP contribution in [0.2, 0.25) is 0 Å². The van der Waals surface area contributed by atoms with Gasteiger partial charge in [-0.1, -0.05) is 11.3 Å². The number of sulfonamides is 2. The minimum Gasteiger partial charge on any atom is -0.259 e. The molecule has 0 spiro atoms. The molecule has 0 aliphatic rings. The van der Waals surface area contributed by atoms with Gasteiger partial charge in [0.2, 0.25) is 20.0 Å². The number of nitrogens with zero attached hydrogens (tertiary/aromatic N) is 1. The molecule has 21 heavy (non-hydrogen) atoms. The zero-order valence-corrected chi connectivity index (χ0v) is 13.1. The third-order valence-corrected chi connectivity index (χ3v) is 6.21. The van der Waals surface area contributed by atoms with Crippen LogP contribution in [-0.2, 0) is 20.0 Å². The highest BCUT2D eigenvalue weighted by molar-refractivity contribution is 7.93. The highest BCUT2D eigenvalue weighted by atomic mass is 32.2. The summed E-state index contributed by atoms with van der Waals surface area (Å²) in [6.45, 7) is 1.32. The van der Waals surface area contributed by atoms with E-state index in [1.165, 1.54) is 6.92 Å². The van der Waals surface area contributed by atoms with E-state index in [0.717, 1.165) is 0 Å². The largest absolute Gasteiger partial charge is 0.389 e. The van der Waals surface area contributed by atoms with Gasteiger partial charge in [-0.15, -0.1) is 0 Å². The van der Waals surface area contributed by atoms with E-state index in [-0.39, 0.29) is 15.0 Å². The van der Waals surface area contributed by atoms with Crippen molar-refractivity contribution in [2.24, 2.45) is 5.14 Å². The Balaban J connectivity index is 2.77. The van der Waals surface area contributed by atoms with Crippen molar-refractivity contribution in [1.82, 2.24) is 4.98 Å². The normalized spacial score (nSPS) is 13.4. The van der Waals surface area contributed by atoms with Gasteiger partial charge in [0, 0.05) is 6.42 Å². The Bertz CT molecular complexity index is 709. The van der Waals surface area contributed by atoms with E-state index in [4.69, 9.17) is 5.14 Å². The first-order valence-corrected chi connectivity index (χ1v) is 9.39. The van der Waals surface area contributed by atoms with Gasteiger partial charge in [0.05, 0.1) is 11.4 Å². The molecule has 1 aromatic heterocycles. The van der Waals surface area contributed by atoms with E-state index in [9.17, 15) is 30.0 Å². The van der Waals surface area contributed by atoms with Crippen LogP contribution in [0, 0.1) is 6.92 Å². The average molecular weight is 367 g/mol. The summed E-state index contributed by atoms with van der Waals surface area (Å²) >= 11 is 0.496. The number of nitrogens with two attached hydrogens (primary N) is 1. The summed E-state index contributed by atoms with van der Waals surface area (Å²) in [6, 6.07) is 0. The monoisotopic (exact) mass is 367 g/mol. The molecule has 0 radical (unpaired) electrons. The van der Waals surface area contributed by atoms with Crippen molar-refractivity contribution < 1.29 is 30.0 Å². The number of rotatable bonds is 6. The van der Waals surface area contributed by atoms with Gasteiger partial charge < -0.3 is 0 Å². The number of anilines is 1. The van der Waals surface area contributed by atoms with E-state index in [1.807, 2.05) is 4.72 Å². The summed E-state index contributed by atoms with van der Waals surface area (Å²) in [5.74, 6) is -0.754. The van der Waals surface area contributed by atoms with Crippen molar-refractivity contribution in [1.29, 1.82) is 0 Å². The quantitative estimate of drug-likeness (QED) is 0.782. The van der Waals surface area contributed by atoms with E-state index in [1.54, 1.807) is 0 Å². The molecule has 7 nitrogen and oxygen atoms in total. The Kier molecular flexibility index (Phi) is 5.23. The molecule has 13 heteroatoms. The van der Waals surface area contributed by atoms with Crippen LogP contribution in [0.15, 0.2) is 4.21 Å². The van der Waals surface area contributed by atoms with Gasteiger partial charge in [0.15, 0.2) is 9.34 Å². The number of aryl methyl sites for hydroxylation is 1. The van der Waals surface area contributed by atoms with Crippen LogP contribution in [-0.4, -0.2) is 33.7 Å². The van der Waals surface area contributed by atoms with Gasteiger partial charge in [0.1, 0.15) is 0 Å². The molecule has 0 bridgehead atoms. The van der Waals surface area contributed by atoms with Crippen LogP contribution in [0.5, 0.6) is 0 Å². The third-order valence-electron chi connectivity index (χ3n) is 2.13. The Morgan fingerprint density at radius 1 is 1.29 bits per heavy atom. The fraction of sp³-hybridized carbons (Fsp3) is 0.625. The summed E-state index contributed by atoms with van der Waals surface area (Å²) in [5.41, 5.74) is 0.00971.